The van der Waals surface area contributed by atoms with Crippen molar-refractivity contribution in [3.63, 3.8) is 0 Å². The number of aryl methyl sites for hydroxylation is 2. The Labute approximate surface area is 125 Å². The zero-order valence-electron chi connectivity index (χ0n) is 13.2. The standard InChI is InChI=1S/C17H22N4/c1-5-10-21-15-9-7-6-8-14(15)18-17(21)13-11-20(4)19-16(13)12(2)3/h6-9,11-12H,5,10H2,1-4H3. The molecule has 1 aromatic carbocycles. The van der Waals surface area contributed by atoms with E-state index in [1.807, 2.05) is 17.8 Å². The zero-order chi connectivity index (χ0) is 15.0. The zero-order valence-corrected chi connectivity index (χ0v) is 13.2. The molecule has 0 atom stereocenters. The lowest BCUT2D eigenvalue weighted by atomic mass is 10.1. The molecule has 0 spiro atoms. The minimum absolute atomic E-state index is 0.385. The van der Waals surface area contributed by atoms with Crippen molar-refractivity contribution in [3.05, 3.63) is 36.2 Å². The minimum Gasteiger partial charge on any atom is -0.324 e. The van der Waals surface area contributed by atoms with Crippen LogP contribution < -0.4 is 0 Å². The molecule has 0 saturated heterocycles. The fourth-order valence-corrected chi connectivity index (χ4v) is 2.84. The third-order valence-electron chi connectivity index (χ3n) is 3.75. The van der Waals surface area contributed by atoms with Crippen LogP contribution in [-0.4, -0.2) is 19.3 Å². The second-order valence-electron chi connectivity index (χ2n) is 5.83. The average molecular weight is 282 g/mol. The highest BCUT2D eigenvalue weighted by Crippen LogP contribution is 2.30. The Morgan fingerprint density at radius 3 is 2.67 bits per heavy atom. The van der Waals surface area contributed by atoms with Crippen LogP contribution >= 0.6 is 0 Å². The van der Waals surface area contributed by atoms with Crippen molar-refractivity contribution in [3.8, 4) is 11.4 Å². The summed E-state index contributed by atoms with van der Waals surface area (Å²) in [5.74, 6) is 1.42. The van der Waals surface area contributed by atoms with Gasteiger partial charge >= 0.3 is 0 Å². The number of aromatic nitrogens is 4. The summed E-state index contributed by atoms with van der Waals surface area (Å²) >= 11 is 0. The van der Waals surface area contributed by atoms with Crippen LogP contribution in [0.1, 0.15) is 38.8 Å². The Morgan fingerprint density at radius 2 is 1.95 bits per heavy atom. The van der Waals surface area contributed by atoms with Gasteiger partial charge in [-0.05, 0) is 24.5 Å². The highest BCUT2D eigenvalue weighted by atomic mass is 15.3. The lowest BCUT2D eigenvalue weighted by Crippen LogP contribution is -2.01. The number of hydrogen-bond donors (Lipinski definition) is 0. The molecule has 0 fully saturated rings. The predicted octanol–water partition coefficient (Wildman–Crippen LogP) is 3.97. The Morgan fingerprint density at radius 1 is 1.19 bits per heavy atom. The van der Waals surface area contributed by atoms with E-state index in [0.29, 0.717) is 5.92 Å². The van der Waals surface area contributed by atoms with Crippen LogP contribution in [-0.2, 0) is 13.6 Å². The first kappa shape index (κ1) is 13.9. The molecule has 2 heterocycles. The molecule has 4 heteroatoms. The topological polar surface area (TPSA) is 35.6 Å². The van der Waals surface area contributed by atoms with Crippen molar-refractivity contribution in [1.29, 1.82) is 0 Å². The maximum Gasteiger partial charge on any atom is 0.144 e. The van der Waals surface area contributed by atoms with Crippen molar-refractivity contribution in [2.75, 3.05) is 0 Å². The lowest BCUT2D eigenvalue weighted by Gasteiger charge is -2.09. The van der Waals surface area contributed by atoms with Crippen molar-refractivity contribution in [1.82, 2.24) is 19.3 Å². The smallest absolute Gasteiger partial charge is 0.144 e. The summed E-state index contributed by atoms with van der Waals surface area (Å²) in [7, 11) is 1.97. The third kappa shape index (κ3) is 2.35. The average Bonchev–Trinajstić information content (AvgIpc) is 3.01. The second kappa shape index (κ2) is 5.35. The Balaban J connectivity index is 2.27. The van der Waals surface area contributed by atoms with Gasteiger partial charge in [0.2, 0.25) is 0 Å². The van der Waals surface area contributed by atoms with E-state index in [-0.39, 0.29) is 0 Å². The third-order valence-corrected chi connectivity index (χ3v) is 3.75. The molecule has 0 amide bonds. The van der Waals surface area contributed by atoms with Gasteiger partial charge < -0.3 is 4.57 Å². The first-order chi connectivity index (χ1) is 10.1. The number of para-hydroxylation sites is 2. The van der Waals surface area contributed by atoms with Gasteiger partial charge in [0.15, 0.2) is 0 Å². The van der Waals surface area contributed by atoms with Gasteiger partial charge in [-0.25, -0.2) is 4.98 Å². The van der Waals surface area contributed by atoms with Crippen LogP contribution in [0.25, 0.3) is 22.4 Å². The molecule has 0 aliphatic heterocycles. The lowest BCUT2D eigenvalue weighted by molar-refractivity contribution is 0.701. The first-order valence-corrected chi connectivity index (χ1v) is 7.61. The second-order valence-corrected chi connectivity index (χ2v) is 5.83. The Kier molecular flexibility index (Phi) is 3.53. The van der Waals surface area contributed by atoms with Gasteiger partial charge in [-0.1, -0.05) is 32.9 Å². The van der Waals surface area contributed by atoms with Gasteiger partial charge in [-0.3, -0.25) is 4.68 Å². The SMILES string of the molecule is CCCn1c(-c2cn(C)nc2C(C)C)nc2ccccc21. The molecule has 3 aromatic rings. The van der Waals surface area contributed by atoms with Gasteiger partial charge in [0, 0.05) is 19.8 Å². The van der Waals surface area contributed by atoms with Gasteiger partial charge in [0.25, 0.3) is 0 Å². The molecule has 0 unspecified atom stereocenters. The van der Waals surface area contributed by atoms with Crippen LogP contribution in [0.15, 0.2) is 30.5 Å². The van der Waals surface area contributed by atoms with Gasteiger partial charge in [0.05, 0.1) is 22.3 Å². The molecule has 0 N–H and O–H groups in total. The highest BCUT2D eigenvalue weighted by molar-refractivity contribution is 5.81. The molecule has 110 valence electrons. The maximum absolute atomic E-state index is 4.87. The van der Waals surface area contributed by atoms with Crippen LogP contribution in [0, 0.1) is 0 Å². The number of rotatable bonds is 4. The van der Waals surface area contributed by atoms with E-state index >= 15 is 0 Å². The van der Waals surface area contributed by atoms with Crippen LogP contribution in [0.3, 0.4) is 0 Å². The van der Waals surface area contributed by atoms with E-state index in [1.165, 1.54) is 5.52 Å². The summed E-state index contributed by atoms with van der Waals surface area (Å²) in [6.07, 6.45) is 3.17. The number of imidazole rings is 1. The van der Waals surface area contributed by atoms with Crippen molar-refractivity contribution >= 4 is 11.0 Å². The van der Waals surface area contributed by atoms with E-state index in [4.69, 9.17) is 4.98 Å². The summed E-state index contributed by atoms with van der Waals surface area (Å²) in [4.78, 5) is 4.87. The molecule has 21 heavy (non-hydrogen) atoms. The maximum atomic E-state index is 4.87. The van der Waals surface area contributed by atoms with Crippen molar-refractivity contribution in [2.45, 2.75) is 39.7 Å². The summed E-state index contributed by atoms with van der Waals surface area (Å²) in [5, 5.41) is 4.62. The number of hydrogen-bond acceptors (Lipinski definition) is 2. The molecule has 0 radical (unpaired) electrons. The van der Waals surface area contributed by atoms with Crippen molar-refractivity contribution in [2.24, 2.45) is 7.05 Å². The van der Waals surface area contributed by atoms with E-state index in [0.717, 1.165) is 35.6 Å². The molecule has 4 nitrogen and oxygen atoms in total. The van der Waals surface area contributed by atoms with Gasteiger partial charge in [-0.2, -0.15) is 5.10 Å². The van der Waals surface area contributed by atoms with Gasteiger partial charge in [-0.15, -0.1) is 0 Å². The molecule has 0 saturated carbocycles. The Bertz CT molecular complexity index is 764. The normalized spacial score (nSPS) is 11.7. The Hall–Kier alpha value is -2.10. The van der Waals surface area contributed by atoms with Gasteiger partial charge in [0.1, 0.15) is 5.82 Å². The van der Waals surface area contributed by atoms with E-state index in [9.17, 15) is 0 Å². The fraction of sp³-hybridized carbons (Fsp3) is 0.412. The first-order valence-electron chi connectivity index (χ1n) is 7.61. The fourth-order valence-electron chi connectivity index (χ4n) is 2.84. The molecular weight excluding hydrogens is 260 g/mol. The van der Waals surface area contributed by atoms with Crippen molar-refractivity contribution < 1.29 is 0 Å². The van der Waals surface area contributed by atoms with E-state index in [2.05, 4.69) is 54.8 Å². The minimum atomic E-state index is 0.385. The highest BCUT2D eigenvalue weighted by Gasteiger charge is 2.19. The van der Waals surface area contributed by atoms with Crippen LogP contribution in [0.4, 0.5) is 0 Å². The molecule has 2 aromatic heterocycles. The molecule has 0 bridgehead atoms. The molecule has 3 rings (SSSR count). The summed E-state index contributed by atoms with van der Waals surface area (Å²) in [6.45, 7) is 7.53. The molecule has 0 aliphatic carbocycles. The number of fused-ring (bicyclic) bond motifs is 1. The molecule has 0 aliphatic rings. The van der Waals surface area contributed by atoms with Crippen LogP contribution in [0.5, 0.6) is 0 Å². The monoisotopic (exact) mass is 282 g/mol. The quantitative estimate of drug-likeness (QED) is 0.726. The summed E-state index contributed by atoms with van der Waals surface area (Å²) in [5.41, 5.74) is 4.52. The van der Waals surface area contributed by atoms with E-state index < -0.39 is 0 Å². The largest absolute Gasteiger partial charge is 0.324 e. The predicted molar refractivity (Wildman–Crippen MR) is 86.3 cm³/mol. The summed E-state index contributed by atoms with van der Waals surface area (Å²) in [6, 6.07) is 8.35. The number of benzene rings is 1. The molecular formula is C17H22N4. The van der Waals surface area contributed by atoms with E-state index in [1.54, 1.807) is 0 Å². The number of nitrogens with zero attached hydrogens (tertiary/aromatic N) is 4. The van der Waals surface area contributed by atoms with Crippen LogP contribution in [0.2, 0.25) is 0 Å². The summed E-state index contributed by atoms with van der Waals surface area (Å²) < 4.78 is 4.21.